The second-order valence-corrected chi connectivity index (χ2v) is 6.94. The number of hydrogen-bond acceptors (Lipinski definition) is 3. The number of piperidine rings is 1. The van der Waals surface area contributed by atoms with E-state index in [1.807, 2.05) is 0 Å². The third-order valence-corrected chi connectivity index (χ3v) is 4.62. The lowest BCUT2D eigenvalue weighted by atomic mass is 10.00. The maximum atomic E-state index is 12.6. The monoisotopic (exact) mass is 391 g/mol. The molecule has 1 aliphatic heterocycles. The lowest BCUT2D eigenvalue weighted by molar-refractivity contribution is -0.137. The summed E-state index contributed by atoms with van der Waals surface area (Å²) >= 11 is 0. The first-order chi connectivity index (χ1) is 13.2. The van der Waals surface area contributed by atoms with E-state index in [2.05, 4.69) is 17.2 Å². The number of anilines is 1. The van der Waals surface area contributed by atoms with Crippen molar-refractivity contribution in [3.05, 3.63) is 59.4 Å². The molecule has 1 aromatic carbocycles. The Morgan fingerprint density at radius 2 is 1.79 bits per heavy atom. The molecule has 0 saturated carbocycles. The fourth-order valence-corrected chi connectivity index (χ4v) is 3.15. The highest BCUT2D eigenvalue weighted by Gasteiger charge is 2.30. The highest BCUT2D eigenvalue weighted by Crippen LogP contribution is 2.29. The predicted molar refractivity (Wildman–Crippen MR) is 97.9 cm³/mol. The summed E-state index contributed by atoms with van der Waals surface area (Å²) in [5.41, 5.74) is -0.390. The van der Waals surface area contributed by atoms with Gasteiger partial charge in [0, 0.05) is 18.8 Å². The van der Waals surface area contributed by atoms with Gasteiger partial charge in [-0.05, 0) is 55.2 Å². The Balaban J connectivity index is 1.71. The van der Waals surface area contributed by atoms with E-state index in [0.29, 0.717) is 19.0 Å². The summed E-state index contributed by atoms with van der Waals surface area (Å²) in [5.74, 6) is -0.402. The Morgan fingerprint density at radius 3 is 2.43 bits per heavy atom. The van der Waals surface area contributed by atoms with E-state index in [0.717, 1.165) is 25.0 Å². The Morgan fingerprint density at radius 1 is 1.11 bits per heavy atom. The largest absolute Gasteiger partial charge is 0.416 e. The summed E-state index contributed by atoms with van der Waals surface area (Å²) in [6.07, 6.45) is -2.43. The van der Waals surface area contributed by atoms with Crippen LogP contribution in [0.1, 0.15) is 46.3 Å². The molecule has 8 heteroatoms. The standard InChI is InChI=1S/C20H20F3N3O2/c1-13-4-3-11-26(12-13)19(28)17-6-2-5-16(25-17)18(27)24-15-9-7-14(8-10-15)20(21,22)23/h2,5-10,13H,3-4,11-12H2,1H3,(H,24,27). The molecule has 0 radical (unpaired) electrons. The molecule has 5 nitrogen and oxygen atoms in total. The van der Waals surface area contributed by atoms with Crippen LogP contribution in [0.15, 0.2) is 42.5 Å². The van der Waals surface area contributed by atoms with Crippen LogP contribution >= 0.6 is 0 Å². The molecule has 1 unspecified atom stereocenters. The molecular weight excluding hydrogens is 371 g/mol. The van der Waals surface area contributed by atoms with Gasteiger partial charge in [0.1, 0.15) is 11.4 Å². The van der Waals surface area contributed by atoms with Crippen molar-refractivity contribution < 1.29 is 22.8 Å². The van der Waals surface area contributed by atoms with Crippen LogP contribution in [-0.2, 0) is 6.18 Å². The van der Waals surface area contributed by atoms with Crippen LogP contribution in [0.25, 0.3) is 0 Å². The molecule has 1 aliphatic rings. The number of amides is 2. The minimum Gasteiger partial charge on any atom is -0.337 e. The average Bonchev–Trinajstić information content (AvgIpc) is 2.67. The zero-order chi connectivity index (χ0) is 20.3. The maximum absolute atomic E-state index is 12.6. The van der Waals surface area contributed by atoms with Gasteiger partial charge in [-0.2, -0.15) is 13.2 Å². The van der Waals surface area contributed by atoms with Crippen molar-refractivity contribution in [2.45, 2.75) is 25.9 Å². The molecule has 1 N–H and O–H groups in total. The quantitative estimate of drug-likeness (QED) is 0.852. The van der Waals surface area contributed by atoms with E-state index < -0.39 is 17.6 Å². The van der Waals surface area contributed by atoms with E-state index in [9.17, 15) is 22.8 Å². The SMILES string of the molecule is CC1CCCN(C(=O)c2cccc(C(=O)Nc3ccc(C(F)(F)F)cc3)n2)C1. The number of nitrogens with one attached hydrogen (secondary N) is 1. The second-order valence-electron chi connectivity index (χ2n) is 6.94. The summed E-state index contributed by atoms with van der Waals surface area (Å²) in [4.78, 5) is 30.9. The number of carbonyl (C=O) groups is 2. The zero-order valence-electron chi connectivity index (χ0n) is 15.3. The number of rotatable bonds is 3. The first-order valence-electron chi connectivity index (χ1n) is 8.99. The molecule has 0 aliphatic carbocycles. The molecule has 2 amide bonds. The van der Waals surface area contributed by atoms with Crippen molar-refractivity contribution in [1.82, 2.24) is 9.88 Å². The van der Waals surface area contributed by atoms with Crippen molar-refractivity contribution in [2.24, 2.45) is 5.92 Å². The smallest absolute Gasteiger partial charge is 0.337 e. The van der Waals surface area contributed by atoms with Gasteiger partial charge in [0.25, 0.3) is 11.8 Å². The van der Waals surface area contributed by atoms with Crippen molar-refractivity contribution in [3.63, 3.8) is 0 Å². The van der Waals surface area contributed by atoms with Gasteiger partial charge in [0.15, 0.2) is 0 Å². The van der Waals surface area contributed by atoms with Crippen LogP contribution in [0.4, 0.5) is 18.9 Å². The number of hydrogen-bond donors (Lipinski definition) is 1. The predicted octanol–water partition coefficient (Wildman–Crippen LogP) is 4.22. The molecule has 1 fully saturated rings. The van der Waals surface area contributed by atoms with Crippen molar-refractivity contribution in [2.75, 3.05) is 18.4 Å². The highest BCUT2D eigenvalue weighted by molar-refractivity contribution is 6.03. The Kier molecular flexibility index (Phi) is 5.67. The topological polar surface area (TPSA) is 62.3 Å². The van der Waals surface area contributed by atoms with Crippen molar-refractivity contribution >= 4 is 17.5 Å². The Bertz CT molecular complexity index is 866. The van der Waals surface area contributed by atoms with Crippen LogP contribution in [0.5, 0.6) is 0 Å². The summed E-state index contributed by atoms with van der Waals surface area (Å²) in [7, 11) is 0. The van der Waals surface area contributed by atoms with Gasteiger partial charge in [-0.1, -0.05) is 13.0 Å². The second kappa shape index (κ2) is 8.00. The Hall–Kier alpha value is -2.90. The minimum absolute atomic E-state index is 0.0239. The normalized spacial score (nSPS) is 17.3. The summed E-state index contributed by atoms with van der Waals surface area (Å²) < 4.78 is 37.8. The molecule has 2 heterocycles. The molecule has 3 rings (SSSR count). The number of likely N-dealkylation sites (tertiary alicyclic amines) is 1. The summed E-state index contributed by atoms with van der Waals surface area (Å²) in [5, 5.41) is 2.50. The molecule has 0 bridgehead atoms. The molecule has 2 aromatic rings. The third kappa shape index (κ3) is 4.68. The molecule has 1 saturated heterocycles. The van der Waals surface area contributed by atoms with E-state index in [4.69, 9.17) is 0 Å². The molecular formula is C20H20F3N3O2. The van der Waals surface area contributed by atoms with Crippen LogP contribution < -0.4 is 5.32 Å². The fraction of sp³-hybridized carbons (Fsp3) is 0.350. The van der Waals surface area contributed by atoms with Crippen LogP contribution in [-0.4, -0.2) is 34.8 Å². The number of halogens is 3. The third-order valence-electron chi connectivity index (χ3n) is 4.62. The Labute approximate surface area is 160 Å². The minimum atomic E-state index is -4.44. The van der Waals surface area contributed by atoms with Gasteiger partial charge < -0.3 is 10.2 Å². The average molecular weight is 391 g/mol. The van der Waals surface area contributed by atoms with E-state index in [1.165, 1.54) is 18.2 Å². The van der Waals surface area contributed by atoms with Crippen molar-refractivity contribution in [3.8, 4) is 0 Å². The number of carbonyl (C=O) groups excluding carboxylic acids is 2. The lowest BCUT2D eigenvalue weighted by Crippen LogP contribution is -2.39. The van der Waals surface area contributed by atoms with Gasteiger partial charge in [0.05, 0.1) is 5.56 Å². The van der Waals surface area contributed by atoms with Gasteiger partial charge in [-0.25, -0.2) is 4.98 Å². The van der Waals surface area contributed by atoms with E-state index >= 15 is 0 Å². The van der Waals surface area contributed by atoms with Gasteiger partial charge >= 0.3 is 6.18 Å². The molecule has 1 atom stereocenters. The van der Waals surface area contributed by atoms with E-state index in [1.54, 1.807) is 17.0 Å². The summed E-state index contributed by atoms with van der Waals surface area (Å²) in [6.45, 7) is 3.40. The van der Waals surface area contributed by atoms with Crippen LogP contribution in [0.3, 0.4) is 0 Å². The maximum Gasteiger partial charge on any atom is 0.416 e. The van der Waals surface area contributed by atoms with Crippen LogP contribution in [0.2, 0.25) is 0 Å². The first-order valence-corrected chi connectivity index (χ1v) is 8.99. The van der Waals surface area contributed by atoms with Crippen molar-refractivity contribution in [1.29, 1.82) is 0 Å². The molecule has 1 aromatic heterocycles. The number of alkyl halides is 3. The van der Waals surface area contributed by atoms with E-state index in [-0.39, 0.29) is 23.0 Å². The zero-order valence-corrected chi connectivity index (χ0v) is 15.3. The number of benzene rings is 1. The summed E-state index contributed by atoms with van der Waals surface area (Å²) in [6, 6.07) is 8.69. The fourth-order valence-electron chi connectivity index (χ4n) is 3.15. The lowest BCUT2D eigenvalue weighted by Gasteiger charge is -2.30. The number of aromatic nitrogens is 1. The highest BCUT2D eigenvalue weighted by atomic mass is 19.4. The number of nitrogens with zero attached hydrogens (tertiary/aromatic N) is 2. The van der Waals surface area contributed by atoms with Gasteiger partial charge in [0.2, 0.25) is 0 Å². The first kappa shape index (κ1) is 19.9. The number of pyridine rings is 1. The van der Waals surface area contributed by atoms with Crippen LogP contribution in [0, 0.1) is 5.92 Å². The molecule has 148 valence electrons. The van der Waals surface area contributed by atoms with Gasteiger partial charge in [-0.3, -0.25) is 9.59 Å². The molecule has 28 heavy (non-hydrogen) atoms. The van der Waals surface area contributed by atoms with Gasteiger partial charge in [-0.15, -0.1) is 0 Å². The molecule has 0 spiro atoms.